The molecule has 2 aliphatic rings. The van der Waals surface area contributed by atoms with Gasteiger partial charge in [-0.1, -0.05) is 26.6 Å². The summed E-state index contributed by atoms with van der Waals surface area (Å²) in [5.74, 6) is -3.90. The van der Waals surface area contributed by atoms with E-state index in [1.54, 1.807) is 10.2 Å². The van der Waals surface area contributed by atoms with Crippen molar-refractivity contribution in [1.82, 2.24) is 15.1 Å². The molecule has 0 radical (unpaired) electrons. The first-order valence-electron chi connectivity index (χ1n) is 19.0. The molecule has 0 aromatic carbocycles. The number of hydrogen-bond acceptors (Lipinski definition) is 10. The second kappa shape index (κ2) is 28.7. The van der Waals surface area contributed by atoms with Crippen LogP contribution in [-0.2, 0) is 23.9 Å². The van der Waals surface area contributed by atoms with Gasteiger partial charge in [0.05, 0.1) is 7.11 Å². The molecule has 52 heavy (non-hydrogen) atoms. The van der Waals surface area contributed by atoms with Crippen molar-refractivity contribution in [2.75, 3.05) is 73.8 Å². The molecule has 310 valence electrons. The number of hydrogen-bond donors (Lipinski definition) is 6. The number of halogens is 6. The number of piperidine rings is 2. The van der Waals surface area contributed by atoms with Gasteiger partial charge in [-0.3, -0.25) is 14.4 Å². The zero-order chi connectivity index (χ0) is 43.8. The summed E-state index contributed by atoms with van der Waals surface area (Å²) in [4.78, 5) is 47.7. The Bertz CT molecular complexity index is 1040. The van der Waals surface area contributed by atoms with Gasteiger partial charge in [-0.2, -0.15) is 26.3 Å². The first kappa shape index (κ1) is 45.4. The predicted octanol–water partition coefficient (Wildman–Crippen LogP) is 2.91. The van der Waals surface area contributed by atoms with E-state index in [4.69, 9.17) is 11.3 Å². The van der Waals surface area contributed by atoms with Crippen LogP contribution in [0.3, 0.4) is 0 Å². The van der Waals surface area contributed by atoms with Crippen molar-refractivity contribution < 1.29 is 73.4 Å². The molecule has 0 atom stereocenters. The predicted molar refractivity (Wildman–Crippen MR) is 181 cm³/mol. The molecule has 2 fully saturated rings. The molecule has 0 aromatic rings. The third kappa shape index (κ3) is 24.5. The lowest BCUT2D eigenvalue weighted by Gasteiger charge is -2.38. The average Bonchev–Trinajstić information content (AvgIpc) is 3.17. The Hall–Kier alpha value is -2.74. The fourth-order valence-electron chi connectivity index (χ4n) is 4.69. The summed E-state index contributed by atoms with van der Waals surface area (Å²) in [6.45, 7) is 3.50. The van der Waals surface area contributed by atoms with Gasteiger partial charge in [0.25, 0.3) is 0 Å². The quantitative estimate of drug-likeness (QED) is 0.0917. The van der Waals surface area contributed by atoms with Crippen LogP contribution in [0.4, 0.5) is 26.3 Å². The summed E-state index contributed by atoms with van der Waals surface area (Å²) in [6, 6.07) is 0. The van der Waals surface area contributed by atoms with E-state index in [1.807, 2.05) is 4.90 Å². The van der Waals surface area contributed by atoms with Gasteiger partial charge in [0.1, 0.15) is 0 Å². The zero-order valence-electron chi connectivity index (χ0n) is 34.5. The lowest BCUT2D eigenvalue weighted by atomic mass is 9.81. The molecule has 0 aromatic heterocycles. The minimum absolute atomic E-state index is 0.00847. The summed E-state index contributed by atoms with van der Waals surface area (Å²) in [6.07, 6.45) is -1.63. The van der Waals surface area contributed by atoms with E-state index in [9.17, 15) is 55.7 Å². The average molecular weight is 781 g/mol. The van der Waals surface area contributed by atoms with E-state index in [0.29, 0.717) is 84.8 Å². The number of amides is 3. The maximum Gasteiger partial charge on any atom is 0.490 e. The van der Waals surface area contributed by atoms with Crippen LogP contribution in [0.25, 0.3) is 0 Å². The maximum atomic E-state index is 12.1. The van der Waals surface area contributed by atoms with Gasteiger partial charge in [0, 0.05) is 75.7 Å². The van der Waals surface area contributed by atoms with Crippen LogP contribution in [0.15, 0.2) is 0 Å². The van der Waals surface area contributed by atoms with Gasteiger partial charge in [0.15, 0.2) is 0 Å². The fourth-order valence-corrected chi connectivity index (χ4v) is 4.69. The van der Waals surface area contributed by atoms with E-state index in [2.05, 4.69) is 15.0 Å². The second-order valence-corrected chi connectivity index (χ2v) is 12.2. The largest absolute Gasteiger partial charge is 0.490 e. The molecule has 0 spiro atoms. The first-order valence-corrected chi connectivity index (χ1v) is 16.8. The van der Waals surface area contributed by atoms with Gasteiger partial charge < -0.3 is 46.0 Å². The Morgan fingerprint density at radius 2 is 1.13 bits per heavy atom. The van der Waals surface area contributed by atoms with Crippen LogP contribution in [0.1, 0.15) is 93.6 Å². The monoisotopic (exact) mass is 780 g/mol. The van der Waals surface area contributed by atoms with Gasteiger partial charge in [-0.15, -0.1) is 0 Å². The Kier molecular flexibility index (Phi) is 25.1. The number of unbranched alkanes of at least 4 members (excludes halogenated alkanes) is 4. The lowest BCUT2D eigenvalue weighted by molar-refractivity contribution is -0.196. The first-order chi connectivity index (χ1) is 26.2. The number of aliphatic hydroxyl groups excluding tert-OH is 4. The second-order valence-electron chi connectivity index (χ2n) is 12.2. The van der Waals surface area contributed by atoms with E-state index in [1.165, 1.54) is 14.2 Å². The number of esters is 1. The van der Waals surface area contributed by atoms with Crippen LogP contribution in [0, 0.1) is 10.8 Å². The number of nitrogens with zero attached hydrogens (tertiary/aromatic N) is 2. The highest BCUT2D eigenvalue weighted by Crippen LogP contribution is 2.31. The molecule has 2 rings (SSSR count). The van der Waals surface area contributed by atoms with Gasteiger partial charge in [-0.05, 0) is 68.7 Å². The van der Waals surface area contributed by atoms with Crippen LogP contribution >= 0.6 is 0 Å². The molecule has 3 amide bonds. The third-order valence-corrected chi connectivity index (χ3v) is 8.15. The summed E-state index contributed by atoms with van der Waals surface area (Å²) in [7, 11) is 3.26. The van der Waals surface area contributed by atoms with Crippen LogP contribution < -0.4 is 11.1 Å². The number of nitrogens with one attached hydrogen (secondary N) is 1. The number of nitrogens with two attached hydrogens (primary N) is 1. The number of ether oxygens (including phenoxy) is 1. The summed E-state index contributed by atoms with van der Waals surface area (Å²) in [5, 5.41) is 27.5. The number of rotatable bonds is 13. The van der Waals surface area contributed by atoms with Crippen LogP contribution in [-0.4, -0.2) is 143 Å². The Labute approximate surface area is 309 Å². The highest BCUT2D eigenvalue weighted by Gasteiger charge is 2.40. The van der Waals surface area contributed by atoms with Gasteiger partial charge >= 0.3 is 24.2 Å². The highest BCUT2D eigenvalue weighted by atomic mass is 19.4. The summed E-state index contributed by atoms with van der Waals surface area (Å²) in [5.41, 5.74) is 4.75. The van der Waals surface area contributed by atoms with E-state index in [-0.39, 0.29) is 50.8 Å². The Balaban J connectivity index is -0.000000766. The standard InChI is InChI=1S/C15H25F3N2O3.C13H26N2O2.C3H3F3O2.2CH4O/c1-14(11-21)6-9-20(10-7-14)12(22)5-3-2-4-8-19-13(23)15(16,17)18;1-13(11-16)6-9-15(10-7-13)12(17)5-3-2-4-8-14;1-8-2(7)3(4,5)6;2*1-2/h21H,2-11H2,1H3,(H,19,23);16H,2-11,14H2,1H3;1H3;2*2H,1H3/i2*1T;;2*2T. The van der Waals surface area contributed by atoms with Crippen molar-refractivity contribution in [1.29, 1.82) is 2.86 Å². The summed E-state index contributed by atoms with van der Waals surface area (Å²) < 4.78 is 98.5. The van der Waals surface area contributed by atoms with Crippen molar-refractivity contribution >= 4 is 23.7 Å². The Morgan fingerprint density at radius 1 is 0.750 bits per heavy atom. The van der Waals surface area contributed by atoms with Crippen molar-refractivity contribution in [2.24, 2.45) is 16.6 Å². The number of likely N-dealkylation sites (tertiary alicyclic amines) is 2. The summed E-state index contributed by atoms with van der Waals surface area (Å²) >= 11 is 0. The van der Waals surface area contributed by atoms with Crippen molar-refractivity contribution in [3.8, 4) is 0 Å². The molecule has 0 bridgehead atoms. The molecular formula is C33H62F6N4O9. The highest BCUT2D eigenvalue weighted by molar-refractivity contribution is 5.81. The smallest absolute Gasteiger partial charge is 0.462 e. The number of methoxy groups -OCH3 is 1. The molecule has 7 N–H and O–H groups in total. The SMILES string of the molecule is COC(=O)C(F)(F)F.[3H]CC1(CO)CCN(C(=O)CCCCCN)CC1.[3H]CC1(CO)CCN(C(=O)CCCCCNC(=O)C(F)(F)F)CC1.[3H]OC.[3H]OC. The van der Waals surface area contributed by atoms with Crippen molar-refractivity contribution in [3.05, 3.63) is 0 Å². The molecule has 0 unspecified atom stereocenters. The van der Waals surface area contributed by atoms with Crippen molar-refractivity contribution in [3.63, 3.8) is 0 Å². The van der Waals surface area contributed by atoms with Gasteiger partial charge in [0.2, 0.25) is 14.7 Å². The number of aliphatic hydroxyl groups is 4. The minimum atomic E-state index is -4.85. The molecule has 19 heteroatoms. The zero-order valence-corrected chi connectivity index (χ0v) is 30.5. The fraction of sp³-hybridized carbons (Fsp3) is 0.879. The van der Waals surface area contributed by atoms with Crippen LogP contribution in [0.5, 0.6) is 0 Å². The maximum absolute atomic E-state index is 12.1. The van der Waals surface area contributed by atoms with Crippen molar-refractivity contribution in [2.45, 2.75) is 103 Å². The molecule has 2 aliphatic heterocycles. The normalized spacial score (nSPS) is 17.2. The van der Waals surface area contributed by atoms with E-state index < -0.39 is 29.6 Å². The number of carbonyl (C=O) groups excluding carboxylic acids is 4. The third-order valence-electron chi connectivity index (χ3n) is 8.15. The molecule has 0 aliphatic carbocycles. The lowest BCUT2D eigenvalue weighted by Crippen LogP contribution is -2.43. The molecular weight excluding hydrogens is 710 g/mol. The van der Waals surface area contributed by atoms with E-state index >= 15 is 0 Å². The van der Waals surface area contributed by atoms with E-state index in [0.717, 1.165) is 32.1 Å². The number of carbonyl (C=O) groups is 4. The van der Waals surface area contributed by atoms with Crippen LogP contribution in [0.2, 0.25) is 0 Å². The minimum Gasteiger partial charge on any atom is -0.462 e. The molecule has 0 saturated carbocycles. The molecule has 13 nitrogen and oxygen atoms in total. The molecule has 2 heterocycles. The van der Waals surface area contributed by atoms with Gasteiger partial charge in [-0.25, -0.2) is 4.79 Å². The topological polar surface area (TPSA) is 203 Å². The molecule has 2 saturated heterocycles. The Morgan fingerprint density at radius 3 is 1.40 bits per heavy atom. The number of alkyl halides is 6.